The van der Waals surface area contributed by atoms with Crippen LogP contribution in [0.4, 0.5) is 0 Å². The second-order valence-corrected chi connectivity index (χ2v) is 12.0. The van der Waals surface area contributed by atoms with Crippen molar-refractivity contribution in [1.29, 1.82) is 0 Å². The minimum atomic E-state index is -1.16. The number of rotatable bonds is 3. The first-order valence-electron chi connectivity index (χ1n) is 10.6. The number of phenols is 1. The third-order valence-electron chi connectivity index (χ3n) is 7.75. The van der Waals surface area contributed by atoms with E-state index >= 15 is 0 Å². The van der Waals surface area contributed by atoms with Crippen molar-refractivity contribution < 1.29 is 24.6 Å². The lowest BCUT2D eigenvalue weighted by Crippen LogP contribution is -2.44. The predicted octanol–water partition coefficient (Wildman–Crippen LogP) is 3.46. The fraction of sp³-hybridized carbons (Fsp3) is 0.455. The Bertz CT molecular complexity index is 1220. The summed E-state index contributed by atoms with van der Waals surface area (Å²) in [5.74, 6) is -2.33. The Morgan fingerprint density at radius 2 is 1.84 bits per heavy atom. The van der Waals surface area contributed by atoms with Crippen LogP contribution in [0.5, 0.6) is 5.75 Å². The zero-order valence-electron chi connectivity index (χ0n) is 16.9. The summed E-state index contributed by atoms with van der Waals surface area (Å²) < 4.78 is 0.701. The van der Waals surface area contributed by atoms with Crippen molar-refractivity contribution in [3.05, 3.63) is 38.7 Å². The molecule has 1 saturated heterocycles. The third-order valence-corrected chi connectivity index (χ3v) is 10.7. The highest BCUT2D eigenvalue weighted by molar-refractivity contribution is 8.00. The van der Waals surface area contributed by atoms with E-state index in [1.54, 1.807) is 35.2 Å². The van der Waals surface area contributed by atoms with E-state index in [2.05, 4.69) is 4.98 Å². The van der Waals surface area contributed by atoms with E-state index in [1.807, 2.05) is 12.1 Å². The van der Waals surface area contributed by atoms with Gasteiger partial charge in [-0.05, 0) is 61.0 Å². The molecule has 2 aliphatic heterocycles. The van der Waals surface area contributed by atoms with E-state index < -0.39 is 23.8 Å². The molecule has 2 aromatic rings. The maximum atomic E-state index is 13.3. The molecule has 2 saturated carbocycles. The van der Waals surface area contributed by atoms with Crippen molar-refractivity contribution in [2.45, 2.75) is 35.6 Å². The number of nitrogens with zero attached hydrogens (tertiary/aromatic N) is 1. The fourth-order valence-electron chi connectivity index (χ4n) is 6.59. The number of H-pyrrole nitrogens is 1. The van der Waals surface area contributed by atoms with Crippen molar-refractivity contribution >= 4 is 53.1 Å². The summed E-state index contributed by atoms with van der Waals surface area (Å²) in [5.41, 5.74) is 1.06. The predicted molar refractivity (Wildman–Crippen MR) is 120 cm³/mol. The summed E-state index contributed by atoms with van der Waals surface area (Å²) >= 11 is 8.70. The summed E-state index contributed by atoms with van der Waals surface area (Å²) in [6.07, 6.45) is 0.800. The van der Waals surface area contributed by atoms with Gasteiger partial charge < -0.3 is 15.2 Å². The summed E-state index contributed by atoms with van der Waals surface area (Å²) in [6.45, 7) is 1.40. The lowest BCUT2D eigenvalue weighted by atomic mass is 9.68. The topological polar surface area (TPSA) is 111 Å². The molecule has 7 nitrogen and oxygen atoms in total. The molecule has 1 aromatic heterocycles. The van der Waals surface area contributed by atoms with Crippen LogP contribution in [0.25, 0.3) is 0 Å². The SMILES string of the molecule is CC(C(=O)O)N1C(=O)C2C3CC(C2C1=O)C1C(c2ccc(O)cc2)c2sc(=S)[nH]c2SC31. The molecule has 8 atom stereocenters. The lowest BCUT2D eigenvalue weighted by Gasteiger charge is -2.43. The number of imide groups is 1. The molecule has 10 heteroatoms. The van der Waals surface area contributed by atoms with Gasteiger partial charge in [0.15, 0.2) is 3.95 Å². The number of thioether (sulfide) groups is 1. The number of aliphatic carboxylic acids is 1. The molecule has 2 amide bonds. The highest BCUT2D eigenvalue weighted by atomic mass is 32.2. The largest absolute Gasteiger partial charge is 0.508 e. The number of carbonyl (C=O) groups is 3. The zero-order valence-corrected chi connectivity index (χ0v) is 19.4. The molecule has 32 heavy (non-hydrogen) atoms. The van der Waals surface area contributed by atoms with E-state index in [-0.39, 0.29) is 46.5 Å². The average molecular weight is 489 g/mol. The molecule has 3 fully saturated rings. The van der Waals surface area contributed by atoms with Gasteiger partial charge in [0.1, 0.15) is 11.8 Å². The Morgan fingerprint density at radius 1 is 1.19 bits per heavy atom. The number of carbonyl (C=O) groups excluding carboxylic acids is 2. The maximum Gasteiger partial charge on any atom is 0.326 e. The van der Waals surface area contributed by atoms with Crippen LogP contribution in [0.15, 0.2) is 29.3 Å². The van der Waals surface area contributed by atoms with Crippen LogP contribution in [0.3, 0.4) is 0 Å². The molecule has 1 aromatic carbocycles. The van der Waals surface area contributed by atoms with Gasteiger partial charge in [-0.25, -0.2) is 4.79 Å². The minimum absolute atomic E-state index is 0.00701. The minimum Gasteiger partial charge on any atom is -0.508 e. The van der Waals surface area contributed by atoms with Crippen molar-refractivity contribution in [1.82, 2.24) is 9.88 Å². The van der Waals surface area contributed by atoms with Gasteiger partial charge in [-0.1, -0.05) is 12.1 Å². The summed E-state index contributed by atoms with van der Waals surface area (Å²) in [5, 5.41) is 20.4. The van der Waals surface area contributed by atoms with Crippen LogP contribution in [0.1, 0.15) is 29.7 Å². The maximum absolute atomic E-state index is 13.3. The number of aromatic nitrogens is 1. The van der Waals surface area contributed by atoms with E-state index in [9.17, 15) is 24.6 Å². The molecule has 3 N–H and O–H groups in total. The van der Waals surface area contributed by atoms with Gasteiger partial charge in [0, 0.05) is 16.0 Å². The molecular formula is C22H20N2O5S3. The highest BCUT2D eigenvalue weighted by Crippen LogP contribution is 2.68. The molecule has 0 spiro atoms. The number of likely N-dealkylation sites (tertiary alicyclic amines) is 1. The van der Waals surface area contributed by atoms with E-state index in [4.69, 9.17) is 12.2 Å². The van der Waals surface area contributed by atoms with Gasteiger partial charge in [0.05, 0.1) is 16.9 Å². The Labute approximate surface area is 196 Å². The van der Waals surface area contributed by atoms with Crippen molar-refractivity contribution in [3.63, 3.8) is 0 Å². The van der Waals surface area contributed by atoms with Gasteiger partial charge in [-0.3, -0.25) is 14.5 Å². The second-order valence-electron chi connectivity index (χ2n) is 9.11. The van der Waals surface area contributed by atoms with Crippen molar-refractivity contribution in [3.8, 4) is 5.75 Å². The molecule has 166 valence electrons. The summed E-state index contributed by atoms with van der Waals surface area (Å²) in [6, 6.07) is 6.04. The molecule has 8 unspecified atom stereocenters. The number of thiazole rings is 1. The van der Waals surface area contributed by atoms with Crippen LogP contribution < -0.4 is 0 Å². The normalized spacial score (nSPS) is 35.5. The number of aromatic hydroxyl groups is 1. The first kappa shape index (κ1) is 20.4. The number of amides is 2. The highest BCUT2D eigenvalue weighted by Gasteiger charge is 2.70. The number of hydrogen-bond donors (Lipinski definition) is 3. The van der Waals surface area contributed by atoms with E-state index in [0.29, 0.717) is 3.95 Å². The van der Waals surface area contributed by atoms with Gasteiger partial charge >= 0.3 is 5.97 Å². The Morgan fingerprint density at radius 3 is 2.50 bits per heavy atom. The van der Waals surface area contributed by atoms with E-state index in [0.717, 1.165) is 26.8 Å². The van der Waals surface area contributed by atoms with Gasteiger partial charge in [-0.2, -0.15) is 0 Å². The number of aromatic amines is 1. The van der Waals surface area contributed by atoms with Crippen LogP contribution in [0.2, 0.25) is 0 Å². The molecule has 4 aliphatic rings. The molecule has 2 bridgehead atoms. The Kier molecular flexibility index (Phi) is 4.42. The summed E-state index contributed by atoms with van der Waals surface area (Å²) in [7, 11) is 0. The second kappa shape index (κ2) is 6.91. The number of fused-ring (bicyclic) bond motifs is 9. The fourth-order valence-corrected chi connectivity index (χ4v) is 9.92. The monoisotopic (exact) mass is 488 g/mol. The van der Waals surface area contributed by atoms with Gasteiger partial charge in [0.25, 0.3) is 0 Å². The van der Waals surface area contributed by atoms with Crippen LogP contribution in [-0.2, 0) is 14.4 Å². The van der Waals surface area contributed by atoms with Gasteiger partial charge in [-0.15, -0.1) is 23.1 Å². The third kappa shape index (κ3) is 2.60. The first-order chi connectivity index (χ1) is 15.3. The van der Waals surface area contributed by atoms with Gasteiger partial charge in [0.2, 0.25) is 11.8 Å². The molecule has 6 rings (SSSR count). The summed E-state index contributed by atoms with van der Waals surface area (Å²) in [4.78, 5) is 43.6. The zero-order chi connectivity index (χ0) is 22.5. The van der Waals surface area contributed by atoms with Crippen molar-refractivity contribution in [2.75, 3.05) is 0 Å². The molecular weight excluding hydrogens is 468 g/mol. The Hall–Kier alpha value is -2.17. The standard InChI is InChI=1S/C22H20N2O5S3/c1-7(21(28)29)24-19(26)14-10-6-11(15(14)20(24)27)16-13(10)12(8-2-4-9(25)5-3-8)17-18(31-16)23-22(30)32-17/h2-5,7,10-16,25H,6H2,1H3,(H,23,30)(H,28,29). The quantitative estimate of drug-likeness (QED) is 0.448. The lowest BCUT2D eigenvalue weighted by molar-refractivity contribution is -0.154. The van der Waals surface area contributed by atoms with E-state index in [1.165, 1.54) is 6.92 Å². The number of hydrogen-bond acceptors (Lipinski definition) is 7. The first-order valence-corrected chi connectivity index (χ1v) is 12.7. The smallest absolute Gasteiger partial charge is 0.326 e. The number of carboxylic acid groups (broad SMARTS) is 1. The average Bonchev–Trinajstić information content (AvgIpc) is 3.47. The van der Waals surface area contributed by atoms with Crippen LogP contribution in [-0.4, -0.2) is 49.2 Å². The number of carboxylic acids is 1. The van der Waals surface area contributed by atoms with Crippen LogP contribution in [0, 0.1) is 33.5 Å². The molecule has 3 heterocycles. The molecule has 0 radical (unpaired) electrons. The van der Waals surface area contributed by atoms with Crippen LogP contribution >= 0.6 is 35.3 Å². The number of phenolic OH excluding ortho intramolecular Hbond substituents is 1. The number of nitrogens with one attached hydrogen (secondary N) is 1. The Balaban J connectivity index is 1.45. The van der Waals surface area contributed by atoms with Crippen molar-refractivity contribution in [2.24, 2.45) is 29.6 Å². The number of benzene rings is 1. The molecule has 2 aliphatic carbocycles.